The molecule has 1 N–H and O–H groups in total. The summed E-state index contributed by atoms with van der Waals surface area (Å²) in [5.74, 6) is 1.84. The van der Waals surface area contributed by atoms with E-state index < -0.39 is 0 Å². The number of hydrogen-bond donors (Lipinski definition) is 1. The summed E-state index contributed by atoms with van der Waals surface area (Å²) in [5.41, 5.74) is 0. The fourth-order valence-electron chi connectivity index (χ4n) is 2.87. The molecule has 0 bridgehead atoms. The SMILES string of the molecule is CCC1CCCCN1c1nc(NC)nc2sccc12. The lowest BCUT2D eigenvalue weighted by Crippen LogP contribution is -2.39. The van der Waals surface area contributed by atoms with Gasteiger partial charge in [-0.2, -0.15) is 4.98 Å². The van der Waals surface area contributed by atoms with Crippen LogP contribution in [0.15, 0.2) is 11.4 Å². The lowest BCUT2D eigenvalue weighted by atomic mass is 10.00. The number of piperidine rings is 1. The molecule has 4 nitrogen and oxygen atoms in total. The van der Waals surface area contributed by atoms with Crippen molar-refractivity contribution in [1.29, 1.82) is 0 Å². The Hall–Kier alpha value is -1.36. The molecule has 1 aliphatic heterocycles. The van der Waals surface area contributed by atoms with Crippen LogP contribution < -0.4 is 10.2 Å². The van der Waals surface area contributed by atoms with Gasteiger partial charge in [-0.1, -0.05) is 6.92 Å². The molecule has 5 heteroatoms. The van der Waals surface area contributed by atoms with Crippen LogP contribution in [-0.2, 0) is 0 Å². The van der Waals surface area contributed by atoms with Crippen LogP contribution in [0.2, 0.25) is 0 Å². The highest BCUT2D eigenvalue weighted by Gasteiger charge is 2.24. The van der Waals surface area contributed by atoms with Crippen molar-refractivity contribution in [1.82, 2.24) is 9.97 Å². The van der Waals surface area contributed by atoms with E-state index in [1.54, 1.807) is 11.3 Å². The van der Waals surface area contributed by atoms with Gasteiger partial charge < -0.3 is 10.2 Å². The molecule has 1 saturated heterocycles. The molecule has 1 unspecified atom stereocenters. The molecule has 0 saturated carbocycles. The van der Waals surface area contributed by atoms with E-state index in [-0.39, 0.29) is 0 Å². The normalized spacial score (nSPS) is 19.9. The number of thiophene rings is 1. The second kappa shape index (κ2) is 5.33. The van der Waals surface area contributed by atoms with Gasteiger partial charge in [-0.15, -0.1) is 11.3 Å². The van der Waals surface area contributed by atoms with Gasteiger partial charge in [0.05, 0.1) is 5.39 Å². The molecule has 19 heavy (non-hydrogen) atoms. The quantitative estimate of drug-likeness (QED) is 0.931. The average Bonchev–Trinajstić information content (AvgIpc) is 2.94. The monoisotopic (exact) mass is 276 g/mol. The van der Waals surface area contributed by atoms with Crippen molar-refractivity contribution < 1.29 is 0 Å². The van der Waals surface area contributed by atoms with Gasteiger partial charge in [0.1, 0.15) is 10.6 Å². The zero-order valence-corrected chi connectivity index (χ0v) is 12.3. The molecule has 1 fully saturated rings. The van der Waals surface area contributed by atoms with Crippen LogP contribution in [-0.4, -0.2) is 29.6 Å². The van der Waals surface area contributed by atoms with Gasteiger partial charge >= 0.3 is 0 Å². The summed E-state index contributed by atoms with van der Waals surface area (Å²) < 4.78 is 0. The maximum Gasteiger partial charge on any atom is 0.225 e. The standard InChI is InChI=1S/C14H20N4S/c1-3-10-6-4-5-8-18(10)12-11-7-9-19-13(11)17-14(15-2)16-12/h7,9-10H,3-6,8H2,1-2H3,(H,15,16,17). The van der Waals surface area contributed by atoms with Gasteiger partial charge in [-0.05, 0) is 37.1 Å². The second-order valence-electron chi connectivity index (χ2n) is 5.01. The molecule has 0 amide bonds. The van der Waals surface area contributed by atoms with Crippen molar-refractivity contribution in [3.05, 3.63) is 11.4 Å². The van der Waals surface area contributed by atoms with Crippen LogP contribution in [0.5, 0.6) is 0 Å². The van der Waals surface area contributed by atoms with Crippen LogP contribution in [0.3, 0.4) is 0 Å². The summed E-state index contributed by atoms with van der Waals surface area (Å²) in [6.45, 7) is 3.39. The number of rotatable bonds is 3. The van der Waals surface area contributed by atoms with Gasteiger partial charge in [0.25, 0.3) is 0 Å². The van der Waals surface area contributed by atoms with Gasteiger partial charge in [0.15, 0.2) is 0 Å². The minimum atomic E-state index is 0.622. The predicted octanol–water partition coefficient (Wildman–Crippen LogP) is 3.50. The molecular weight excluding hydrogens is 256 g/mol. The van der Waals surface area contributed by atoms with Gasteiger partial charge in [0, 0.05) is 19.6 Å². The molecule has 1 aliphatic rings. The molecule has 1 atom stereocenters. The minimum absolute atomic E-state index is 0.622. The molecule has 0 radical (unpaired) electrons. The van der Waals surface area contributed by atoms with E-state index in [9.17, 15) is 0 Å². The highest BCUT2D eigenvalue weighted by Crippen LogP contribution is 2.33. The molecule has 0 aromatic carbocycles. The molecule has 2 aromatic heterocycles. The number of hydrogen-bond acceptors (Lipinski definition) is 5. The predicted molar refractivity (Wildman–Crippen MR) is 82.2 cm³/mol. The number of aromatic nitrogens is 2. The Morgan fingerprint density at radius 2 is 2.32 bits per heavy atom. The zero-order chi connectivity index (χ0) is 13.2. The maximum atomic E-state index is 4.72. The number of nitrogens with one attached hydrogen (secondary N) is 1. The number of fused-ring (bicyclic) bond motifs is 1. The highest BCUT2D eigenvalue weighted by molar-refractivity contribution is 7.16. The van der Waals surface area contributed by atoms with E-state index >= 15 is 0 Å². The van der Waals surface area contributed by atoms with Crippen molar-refractivity contribution in [2.45, 2.75) is 38.6 Å². The third-order valence-electron chi connectivity index (χ3n) is 3.90. The zero-order valence-electron chi connectivity index (χ0n) is 11.5. The molecule has 102 valence electrons. The van der Waals surface area contributed by atoms with Crippen LogP contribution in [0, 0.1) is 0 Å². The Balaban J connectivity index is 2.08. The number of anilines is 2. The first-order valence-corrected chi connectivity index (χ1v) is 7.91. The Bertz CT molecular complexity index is 566. The van der Waals surface area contributed by atoms with Crippen LogP contribution in [0.1, 0.15) is 32.6 Å². The maximum absolute atomic E-state index is 4.72. The number of nitrogens with zero attached hydrogens (tertiary/aromatic N) is 3. The fraction of sp³-hybridized carbons (Fsp3) is 0.571. The summed E-state index contributed by atoms with van der Waals surface area (Å²) >= 11 is 1.69. The molecular formula is C14H20N4S. The Labute approximate surface area is 117 Å². The minimum Gasteiger partial charge on any atom is -0.357 e. The molecule has 2 aromatic rings. The third kappa shape index (κ3) is 2.27. The smallest absolute Gasteiger partial charge is 0.225 e. The lowest BCUT2D eigenvalue weighted by Gasteiger charge is -2.36. The molecule has 0 spiro atoms. The van der Waals surface area contributed by atoms with Crippen molar-refractivity contribution >= 4 is 33.3 Å². The summed E-state index contributed by atoms with van der Waals surface area (Å²) in [4.78, 5) is 12.8. The Kier molecular flexibility index (Phi) is 3.55. The fourth-order valence-corrected chi connectivity index (χ4v) is 3.63. The van der Waals surface area contributed by atoms with Crippen molar-refractivity contribution in [2.24, 2.45) is 0 Å². The van der Waals surface area contributed by atoms with E-state index in [2.05, 4.69) is 33.6 Å². The summed E-state index contributed by atoms with van der Waals surface area (Å²) in [6, 6.07) is 2.77. The molecule has 0 aliphatic carbocycles. The van der Waals surface area contributed by atoms with E-state index in [4.69, 9.17) is 4.98 Å². The van der Waals surface area contributed by atoms with Gasteiger partial charge in [-0.3, -0.25) is 0 Å². The van der Waals surface area contributed by atoms with Gasteiger partial charge in [-0.25, -0.2) is 4.98 Å². The van der Waals surface area contributed by atoms with Gasteiger partial charge in [0.2, 0.25) is 5.95 Å². The topological polar surface area (TPSA) is 41.1 Å². The van der Waals surface area contributed by atoms with E-state index in [0.29, 0.717) is 6.04 Å². The second-order valence-corrected chi connectivity index (χ2v) is 5.91. The van der Waals surface area contributed by atoms with Crippen LogP contribution in [0.25, 0.3) is 10.2 Å². The Morgan fingerprint density at radius 3 is 3.11 bits per heavy atom. The van der Waals surface area contributed by atoms with E-state index in [1.165, 1.54) is 31.1 Å². The Morgan fingerprint density at radius 1 is 1.42 bits per heavy atom. The van der Waals surface area contributed by atoms with E-state index in [1.807, 2.05) is 7.05 Å². The third-order valence-corrected chi connectivity index (χ3v) is 4.71. The average molecular weight is 276 g/mol. The molecule has 3 rings (SSSR count). The van der Waals surface area contributed by atoms with Crippen LogP contribution in [0.4, 0.5) is 11.8 Å². The van der Waals surface area contributed by atoms with Crippen LogP contribution >= 0.6 is 11.3 Å². The summed E-state index contributed by atoms with van der Waals surface area (Å²) in [6.07, 6.45) is 5.07. The first-order chi connectivity index (χ1) is 9.33. The van der Waals surface area contributed by atoms with E-state index in [0.717, 1.165) is 23.1 Å². The molecule has 3 heterocycles. The first-order valence-electron chi connectivity index (χ1n) is 7.03. The summed E-state index contributed by atoms with van der Waals surface area (Å²) in [7, 11) is 1.88. The summed E-state index contributed by atoms with van der Waals surface area (Å²) in [5, 5.41) is 6.38. The van der Waals surface area contributed by atoms with Crippen molar-refractivity contribution in [2.75, 3.05) is 23.8 Å². The lowest BCUT2D eigenvalue weighted by molar-refractivity contribution is 0.448. The largest absolute Gasteiger partial charge is 0.357 e. The highest BCUT2D eigenvalue weighted by atomic mass is 32.1. The first kappa shape index (κ1) is 12.7. The van der Waals surface area contributed by atoms with Crippen molar-refractivity contribution in [3.63, 3.8) is 0 Å². The van der Waals surface area contributed by atoms with Crippen molar-refractivity contribution in [3.8, 4) is 0 Å².